The molecule has 2 aliphatic rings. The molecule has 3 aromatic rings. The number of hydrogen-bond donors (Lipinski definition) is 1. The van der Waals surface area contributed by atoms with Crippen molar-refractivity contribution in [3.63, 3.8) is 0 Å². The largest absolute Gasteiger partial charge is 0.483 e. The third-order valence-electron chi connectivity index (χ3n) is 5.88. The van der Waals surface area contributed by atoms with Crippen LogP contribution in [0.4, 0.5) is 26.0 Å². The quantitative estimate of drug-likeness (QED) is 0.549. The van der Waals surface area contributed by atoms with Gasteiger partial charge in [0.2, 0.25) is 0 Å². The van der Waals surface area contributed by atoms with Crippen LogP contribution in [-0.4, -0.2) is 58.2 Å². The Balaban J connectivity index is 1.49. The Morgan fingerprint density at radius 1 is 1.12 bits per heavy atom. The van der Waals surface area contributed by atoms with Gasteiger partial charge in [-0.3, -0.25) is 0 Å². The van der Waals surface area contributed by atoms with Crippen molar-refractivity contribution in [2.75, 3.05) is 37.1 Å². The summed E-state index contributed by atoms with van der Waals surface area (Å²) in [5.74, 6) is 0.350. The first kappa shape index (κ1) is 22.9. The Morgan fingerprint density at radius 3 is 2.71 bits per heavy atom. The number of hydrogen-bond acceptors (Lipinski definition) is 8. The van der Waals surface area contributed by atoms with Crippen molar-refractivity contribution < 1.29 is 27.2 Å². The Kier molecular flexibility index (Phi) is 6.32. The first-order chi connectivity index (χ1) is 16.4. The van der Waals surface area contributed by atoms with Gasteiger partial charge in [0, 0.05) is 30.7 Å². The number of nitrogens with zero attached hydrogens (tertiary/aromatic N) is 3. The number of ether oxygens (including phenoxy) is 3. The highest BCUT2D eigenvalue weighted by molar-refractivity contribution is 7.93. The van der Waals surface area contributed by atoms with Crippen LogP contribution in [0.1, 0.15) is 12.8 Å². The zero-order chi connectivity index (χ0) is 23.7. The standard InChI is InChI=1S/C23H24F2N4O4S/c1-31-20-11-32-12-21(20)33-19-8-14(24)4-5-17(19)28-23-22-16(25)9-15(10-18(22)26-13-27-23)29-34(30)6-2-3-7-34/h4-5,8-10,13,20-21H,2-3,6-7,11-12H2,1H3,(H,26,27,28)/t20-,21+/m1/s1. The zero-order valence-electron chi connectivity index (χ0n) is 18.5. The van der Waals surface area contributed by atoms with Crippen molar-refractivity contribution in [2.45, 2.75) is 25.0 Å². The molecular weight excluding hydrogens is 466 g/mol. The molecule has 11 heteroatoms. The van der Waals surface area contributed by atoms with E-state index in [1.165, 1.54) is 30.6 Å². The molecule has 8 nitrogen and oxygen atoms in total. The number of methoxy groups -OCH3 is 1. The second kappa shape index (κ2) is 9.40. The summed E-state index contributed by atoms with van der Waals surface area (Å²) < 4.78 is 63.0. The molecule has 3 heterocycles. The Hall–Kier alpha value is -2.89. The maximum atomic E-state index is 15.2. The number of nitrogens with one attached hydrogen (secondary N) is 1. The molecule has 0 aliphatic carbocycles. The molecule has 2 saturated heterocycles. The molecule has 1 N–H and O–H groups in total. The predicted molar refractivity (Wildman–Crippen MR) is 124 cm³/mol. The smallest absolute Gasteiger partial charge is 0.150 e. The van der Waals surface area contributed by atoms with Crippen molar-refractivity contribution in [3.8, 4) is 5.75 Å². The first-order valence-corrected chi connectivity index (χ1v) is 12.8. The number of rotatable bonds is 6. The SMILES string of the molecule is CO[C@@H]1COC[C@@H]1Oc1cc(F)ccc1Nc1ncnc2cc(N=S3(=O)CCCC3)cc(F)c12. The van der Waals surface area contributed by atoms with E-state index < -0.39 is 27.5 Å². The van der Waals surface area contributed by atoms with Crippen LogP contribution < -0.4 is 10.1 Å². The van der Waals surface area contributed by atoms with Gasteiger partial charge in [-0.25, -0.2) is 23.0 Å². The molecule has 0 bridgehead atoms. The molecule has 2 aliphatic heterocycles. The van der Waals surface area contributed by atoms with E-state index in [1.807, 2.05) is 0 Å². The van der Waals surface area contributed by atoms with E-state index in [0.29, 0.717) is 41.6 Å². The van der Waals surface area contributed by atoms with E-state index in [4.69, 9.17) is 14.2 Å². The third kappa shape index (κ3) is 4.68. The number of aromatic nitrogens is 2. The minimum atomic E-state index is -2.35. The van der Waals surface area contributed by atoms with E-state index in [1.54, 1.807) is 13.2 Å². The molecular formula is C23H24F2N4O4S. The topological polar surface area (TPSA) is 94.9 Å². The second-order valence-electron chi connectivity index (χ2n) is 8.26. The average molecular weight is 491 g/mol. The van der Waals surface area contributed by atoms with Crippen molar-refractivity contribution in [3.05, 3.63) is 48.3 Å². The summed E-state index contributed by atoms with van der Waals surface area (Å²) in [7, 11) is -0.797. The van der Waals surface area contributed by atoms with Crippen LogP contribution in [0.5, 0.6) is 5.75 Å². The van der Waals surface area contributed by atoms with Gasteiger partial charge in [-0.1, -0.05) is 0 Å². The van der Waals surface area contributed by atoms with Gasteiger partial charge in [-0.2, -0.15) is 4.36 Å². The van der Waals surface area contributed by atoms with E-state index >= 15 is 4.39 Å². The van der Waals surface area contributed by atoms with Crippen LogP contribution >= 0.6 is 0 Å². The Morgan fingerprint density at radius 2 is 1.91 bits per heavy atom. The number of benzene rings is 2. The van der Waals surface area contributed by atoms with E-state index in [9.17, 15) is 8.60 Å². The molecule has 5 rings (SSSR count). The van der Waals surface area contributed by atoms with E-state index in [-0.39, 0.29) is 23.1 Å². The lowest BCUT2D eigenvalue weighted by atomic mass is 10.2. The van der Waals surface area contributed by atoms with Crippen LogP contribution in [0.15, 0.2) is 41.0 Å². The monoisotopic (exact) mass is 490 g/mol. The summed E-state index contributed by atoms with van der Waals surface area (Å²) in [5, 5.41) is 3.18. The molecule has 34 heavy (non-hydrogen) atoms. The van der Waals surface area contributed by atoms with Gasteiger partial charge in [-0.15, -0.1) is 0 Å². The molecule has 0 unspecified atom stereocenters. The lowest BCUT2D eigenvalue weighted by Gasteiger charge is -2.21. The van der Waals surface area contributed by atoms with Crippen LogP contribution in [0.25, 0.3) is 10.9 Å². The third-order valence-corrected chi connectivity index (χ3v) is 8.28. The van der Waals surface area contributed by atoms with Crippen molar-refractivity contribution in [1.82, 2.24) is 9.97 Å². The van der Waals surface area contributed by atoms with Crippen LogP contribution in [-0.2, 0) is 19.2 Å². The summed E-state index contributed by atoms with van der Waals surface area (Å²) in [6.45, 7) is 0.676. The summed E-state index contributed by atoms with van der Waals surface area (Å²) in [6, 6.07) is 6.83. The second-order valence-corrected chi connectivity index (χ2v) is 10.8. The van der Waals surface area contributed by atoms with Gasteiger partial charge in [0.1, 0.15) is 35.6 Å². The van der Waals surface area contributed by atoms with Gasteiger partial charge >= 0.3 is 0 Å². The fraction of sp³-hybridized carbons (Fsp3) is 0.391. The molecule has 2 aromatic carbocycles. The highest BCUT2D eigenvalue weighted by atomic mass is 32.2. The van der Waals surface area contributed by atoms with E-state index in [2.05, 4.69) is 19.6 Å². The van der Waals surface area contributed by atoms with Crippen molar-refractivity contribution >= 4 is 37.8 Å². The van der Waals surface area contributed by atoms with Gasteiger partial charge in [0.15, 0.2) is 6.10 Å². The van der Waals surface area contributed by atoms with Crippen LogP contribution in [0.3, 0.4) is 0 Å². The number of fused-ring (bicyclic) bond motifs is 1. The van der Waals surface area contributed by atoms with Crippen LogP contribution in [0, 0.1) is 11.6 Å². The number of anilines is 2. The van der Waals surface area contributed by atoms with Gasteiger partial charge in [0.25, 0.3) is 0 Å². The fourth-order valence-electron chi connectivity index (χ4n) is 4.15. The minimum absolute atomic E-state index is 0.136. The average Bonchev–Trinajstić information content (AvgIpc) is 3.44. The maximum Gasteiger partial charge on any atom is 0.150 e. The molecule has 0 spiro atoms. The van der Waals surface area contributed by atoms with Crippen molar-refractivity contribution in [1.29, 1.82) is 0 Å². The highest BCUT2D eigenvalue weighted by Crippen LogP contribution is 2.35. The fourth-order valence-corrected chi connectivity index (χ4v) is 6.34. The summed E-state index contributed by atoms with van der Waals surface area (Å²) in [4.78, 5) is 8.36. The molecule has 2 atom stereocenters. The van der Waals surface area contributed by atoms with Crippen molar-refractivity contribution in [2.24, 2.45) is 4.36 Å². The van der Waals surface area contributed by atoms with E-state index in [0.717, 1.165) is 12.8 Å². The molecule has 0 saturated carbocycles. The van der Waals surface area contributed by atoms with Gasteiger partial charge < -0.3 is 19.5 Å². The Bertz CT molecular complexity index is 1330. The van der Waals surface area contributed by atoms with Gasteiger partial charge in [0.05, 0.1) is 45.2 Å². The number of halogens is 2. The highest BCUT2D eigenvalue weighted by Gasteiger charge is 2.31. The molecule has 2 fully saturated rings. The Labute approximate surface area is 195 Å². The molecule has 0 radical (unpaired) electrons. The maximum absolute atomic E-state index is 15.2. The van der Waals surface area contributed by atoms with Crippen LogP contribution in [0.2, 0.25) is 0 Å². The zero-order valence-corrected chi connectivity index (χ0v) is 19.3. The summed E-state index contributed by atoms with van der Waals surface area (Å²) in [6.07, 6.45) is 2.29. The lowest BCUT2D eigenvalue weighted by Crippen LogP contribution is -2.31. The lowest BCUT2D eigenvalue weighted by molar-refractivity contribution is 0.0328. The molecule has 1 aromatic heterocycles. The summed E-state index contributed by atoms with van der Waals surface area (Å²) in [5.41, 5.74) is 0.995. The van der Waals surface area contributed by atoms with Gasteiger partial charge in [-0.05, 0) is 31.0 Å². The predicted octanol–water partition coefficient (Wildman–Crippen LogP) is 4.34. The summed E-state index contributed by atoms with van der Waals surface area (Å²) >= 11 is 0. The minimum Gasteiger partial charge on any atom is -0.483 e. The molecule has 180 valence electrons. The normalized spacial score (nSPS) is 21.6. The first-order valence-electron chi connectivity index (χ1n) is 10.9. The molecule has 0 amide bonds.